The molecule has 4 rings (SSSR count). The van der Waals surface area contributed by atoms with Gasteiger partial charge in [-0.25, -0.2) is 19.3 Å². The van der Waals surface area contributed by atoms with Crippen molar-refractivity contribution in [2.45, 2.75) is 19.8 Å². The second kappa shape index (κ2) is 7.42. The van der Waals surface area contributed by atoms with E-state index in [9.17, 15) is 17.6 Å². The summed E-state index contributed by atoms with van der Waals surface area (Å²) in [7, 11) is 0. The number of anilines is 2. The van der Waals surface area contributed by atoms with Crippen LogP contribution in [0.15, 0.2) is 42.5 Å². The molecule has 4 N–H and O–H groups in total. The first-order chi connectivity index (χ1) is 14.6. The minimum atomic E-state index is -4.88. The van der Waals surface area contributed by atoms with Gasteiger partial charge in [-0.15, -0.1) is 13.2 Å². The van der Waals surface area contributed by atoms with Crippen molar-refractivity contribution in [3.8, 4) is 17.0 Å². The number of ether oxygens (including phenoxy) is 1. The molecule has 11 heteroatoms. The van der Waals surface area contributed by atoms with Gasteiger partial charge in [-0.3, -0.25) is 0 Å². The molecule has 7 nitrogen and oxygen atoms in total. The quantitative estimate of drug-likeness (QED) is 0.472. The summed E-state index contributed by atoms with van der Waals surface area (Å²) < 4.78 is 57.4. The fourth-order valence-electron chi connectivity index (χ4n) is 3.23. The zero-order chi connectivity index (χ0) is 22.3. The zero-order valence-electron chi connectivity index (χ0n) is 16.1. The molecule has 0 bridgehead atoms. The fourth-order valence-corrected chi connectivity index (χ4v) is 3.23. The molecule has 1 aromatic carbocycles. The molecular formula is C20H16F4N6O. The number of imidazole rings is 1. The molecule has 0 fully saturated rings. The number of nitrogen functional groups attached to an aromatic ring is 2. The standard InChI is InChI=1S/C20H16F4N6O/c1-10-27-16-5-4-15(11-7-17(25)29-18(26)8-11)28-19(16)30(10)9-12-6-13(2-3-14(12)21)31-20(22,23)24/h2-8H,9H2,1H3,(H4,25,26,29). The first-order valence-corrected chi connectivity index (χ1v) is 9.00. The highest BCUT2D eigenvalue weighted by molar-refractivity contribution is 5.77. The van der Waals surface area contributed by atoms with Crippen LogP contribution >= 0.6 is 0 Å². The highest BCUT2D eigenvalue weighted by Crippen LogP contribution is 2.27. The summed E-state index contributed by atoms with van der Waals surface area (Å²) in [5, 5.41) is 0. The third-order valence-electron chi connectivity index (χ3n) is 4.52. The number of alkyl halides is 3. The molecule has 0 radical (unpaired) electrons. The highest BCUT2D eigenvalue weighted by Gasteiger charge is 2.31. The minimum Gasteiger partial charge on any atom is -0.406 e. The van der Waals surface area contributed by atoms with Crippen molar-refractivity contribution in [3.05, 3.63) is 59.7 Å². The van der Waals surface area contributed by atoms with E-state index in [-0.39, 0.29) is 23.7 Å². The van der Waals surface area contributed by atoms with Gasteiger partial charge in [-0.2, -0.15) is 0 Å². The van der Waals surface area contributed by atoms with Crippen molar-refractivity contribution in [1.29, 1.82) is 0 Å². The van der Waals surface area contributed by atoms with Crippen LogP contribution in [-0.2, 0) is 6.54 Å². The first kappa shape index (κ1) is 20.4. The molecule has 0 unspecified atom stereocenters. The Labute approximate surface area is 173 Å². The van der Waals surface area contributed by atoms with E-state index < -0.39 is 17.9 Å². The minimum absolute atomic E-state index is 0.00578. The second-order valence-electron chi connectivity index (χ2n) is 6.79. The summed E-state index contributed by atoms with van der Waals surface area (Å²) in [6.07, 6.45) is -4.88. The van der Waals surface area contributed by atoms with Crippen molar-refractivity contribution in [1.82, 2.24) is 19.5 Å². The van der Waals surface area contributed by atoms with E-state index >= 15 is 0 Å². The summed E-state index contributed by atoms with van der Waals surface area (Å²) >= 11 is 0. The van der Waals surface area contributed by atoms with Crippen LogP contribution < -0.4 is 16.2 Å². The van der Waals surface area contributed by atoms with E-state index in [1.165, 1.54) is 0 Å². The molecular weight excluding hydrogens is 416 g/mol. The number of rotatable bonds is 4. The van der Waals surface area contributed by atoms with Crippen LogP contribution in [0, 0.1) is 12.7 Å². The number of fused-ring (bicyclic) bond motifs is 1. The van der Waals surface area contributed by atoms with Crippen LogP contribution in [0.3, 0.4) is 0 Å². The highest BCUT2D eigenvalue weighted by atomic mass is 19.4. The lowest BCUT2D eigenvalue weighted by molar-refractivity contribution is -0.274. The first-order valence-electron chi connectivity index (χ1n) is 9.00. The normalized spacial score (nSPS) is 11.8. The molecule has 3 aromatic heterocycles. The predicted octanol–water partition coefficient (Wildman–Crippen LogP) is 4.05. The van der Waals surface area contributed by atoms with Crippen LogP contribution in [0.1, 0.15) is 11.4 Å². The third-order valence-corrected chi connectivity index (χ3v) is 4.52. The van der Waals surface area contributed by atoms with E-state index in [1.54, 1.807) is 35.8 Å². The Morgan fingerprint density at radius 1 is 0.968 bits per heavy atom. The van der Waals surface area contributed by atoms with Crippen molar-refractivity contribution >= 4 is 22.8 Å². The molecule has 0 saturated heterocycles. The Morgan fingerprint density at radius 2 is 1.68 bits per heavy atom. The zero-order valence-corrected chi connectivity index (χ0v) is 16.1. The molecule has 0 aliphatic heterocycles. The molecule has 4 aromatic rings. The van der Waals surface area contributed by atoms with E-state index in [1.807, 2.05) is 0 Å². The predicted molar refractivity (Wildman–Crippen MR) is 107 cm³/mol. The molecule has 0 atom stereocenters. The topological polar surface area (TPSA) is 105 Å². The second-order valence-corrected chi connectivity index (χ2v) is 6.79. The van der Waals surface area contributed by atoms with Gasteiger partial charge in [-0.05, 0) is 49.4 Å². The Bertz CT molecular complexity index is 1260. The molecule has 0 amide bonds. The van der Waals surface area contributed by atoms with Crippen LogP contribution in [0.2, 0.25) is 0 Å². The van der Waals surface area contributed by atoms with Crippen LogP contribution in [0.5, 0.6) is 5.75 Å². The number of benzene rings is 1. The lowest BCUT2D eigenvalue weighted by Gasteiger charge is -2.12. The Morgan fingerprint density at radius 3 is 2.35 bits per heavy atom. The molecule has 3 heterocycles. The number of nitrogens with two attached hydrogens (primary N) is 2. The Hall–Kier alpha value is -3.89. The van der Waals surface area contributed by atoms with Crippen molar-refractivity contribution < 1.29 is 22.3 Å². The van der Waals surface area contributed by atoms with Gasteiger partial charge < -0.3 is 20.8 Å². The van der Waals surface area contributed by atoms with Gasteiger partial charge in [0.25, 0.3) is 0 Å². The maximum Gasteiger partial charge on any atom is 0.573 e. The number of hydrogen-bond donors (Lipinski definition) is 2. The van der Waals surface area contributed by atoms with Crippen LogP contribution in [0.25, 0.3) is 22.4 Å². The summed E-state index contributed by atoms with van der Waals surface area (Å²) in [4.78, 5) is 12.9. The number of aromatic nitrogens is 4. The average molecular weight is 432 g/mol. The van der Waals surface area contributed by atoms with E-state index in [0.29, 0.717) is 28.2 Å². The number of hydrogen-bond acceptors (Lipinski definition) is 6. The van der Waals surface area contributed by atoms with Gasteiger partial charge in [0, 0.05) is 11.1 Å². The smallest absolute Gasteiger partial charge is 0.406 e. The average Bonchev–Trinajstić information content (AvgIpc) is 2.97. The summed E-state index contributed by atoms with van der Waals surface area (Å²) in [6, 6.07) is 9.51. The van der Waals surface area contributed by atoms with E-state index in [4.69, 9.17) is 11.5 Å². The van der Waals surface area contributed by atoms with Gasteiger partial charge in [0.1, 0.15) is 34.5 Å². The van der Waals surface area contributed by atoms with Gasteiger partial charge in [-0.1, -0.05) is 0 Å². The largest absolute Gasteiger partial charge is 0.573 e. The monoisotopic (exact) mass is 432 g/mol. The number of pyridine rings is 2. The molecule has 31 heavy (non-hydrogen) atoms. The number of halogens is 4. The van der Waals surface area contributed by atoms with E-state index in [0.717, 1.165) is 18.2 Å². The van der Waals surface area contributed by atoms with Gasteiger partial charge in [0.15, 0.2) is 5.65 Å². The number of aryl methyl sites for hydroxylation is 1. The summed E-state index contributed by atoms with van der Waals surface area (Å²) in [5.74, 6) is -0.228. The maximum absolute atomic E-state index is 14.3. The lowest BCUT2D eigenvalue weighted by Crippen LogP contribution is -2.17. The SMILES string of the molecule is Cc1nc2ccc(-c3cc(N)nc(N)c3)nc2n1Cc1cc(OC(F)(F)F)ccc1F. The summed E-state index contributed by atoms with van der Waals surface area (Å²) in [6.45, 7) is 1.60. The van der Waals surface area contributed by atoms with Crippen LogP contribution in [-0.4, -0.2) is 25.9 Å². The molecule has 0 aliphatic rings. The van der Waals surface area contributed by atoms with E-state index in [2.05, 4.69) is 19.7 Å². The maximum atomic E-state index is 14.3. The summed E-state index contributed by atoms with van der Waals surface area (Å²) in [5.41, 5.74) is 13.6. The van der Waals surface area contributed by atoms with Gasteiger partial charge in [0.05, 0.1) is 12.2 Å². The number of nitrogens with zero attached hydrogens (tertiary/aromatic N) is 4. The van der Waals surface area contributed by atoms with Gasteiger partial charge >= 0.3 is 6.36 Å². The Kier molecular flexibility index (Phi) is 4.88. The van der Waals surface area contributed by atoms with Gasteiger partial charge in [0.2, 0.25) is 0 Å². The third kappa shape index (κ3) is 4.34. The molecule has 160 valence electrons. The van der Waals surface area contributed by atoms with Crippen molar-refractivity contribution in [3.63, 3.8) is 0 Å². The molecule has 0 aliphatic carbocycles. The molecule has 0 saturated carbocycles. The Balaban J connectivity index is 1.76. The van der Waals surface area contributed by atoms with Crippen molar-refractivity contribution in [2.24, 2.45) is 0 Å². The van der Waals surface area contributed by atoms with Crippen LogP contribution in [0.4, 0.5) is 29.2 Å². The lowest BCUT2D eigenvalue weighted by atomic mass is 10.1. The van der Waals surface area contributed by atoms with Crippen molar-refractivity contribution in [2.75, 3.05) is 11.5 Å². The fraction of sp³-hybridized carbons (Fsp3) is 0.150. The molecule has 0 spiro atoms.